The molecule has 0 amide bonds. The number of benzene rings is 2. The third-order valence-corrected chi connectivity index (χ3v) is 5.83. The number of nitrogens with one attached hydrogen (secondary N) is 1. The summed E-state index contributed by atoms with van der Waals surface area (Å²) in [6, 6.07) is 0.919. The molecule has 0 radical (unpaired) electrons. The molecule has 3 aliphatic rings. The van der Waals surface area contributed by atoms with Crippen LogP contribution in [0.4, 0.5) is 28.9 Å². The molecule has 34 heavy (non-hydrogen) atoms. The van der Waals surface area contributed by atoms with Crippen molar-refractivity contribution < 1.29 is 37.4 Å². The van der Waals surface area contributed by atoms with E-state index in [4.69, 9.17) is 15.7 Å². The van der Waals surface area contributed by atoms with Gasteiger partial charge in [0, 0.05) is 57.6 Å². The van der Waals surface area contributed by atoms with Gasteiger partial charge in [0.05, 0.1) is 24.5 Å². The molecule has 1 N–H and O–H groups in total. The summed E-state index contributed by atoms with van der Waals surface area (Å²) in [5.41, 5.74) is -1.33. The van der Waals surface area contributed by atoms with E-state index >= 15 is 4.39 Å². The van der Waals surface area contributed by atoms with Crippen molar-refractivity contribution in [3.63, 3.8) is 0 Å². The maximum absolute atomic E-state index is 15.2. The maximum Gasteiger partial charge on any atom is 0.416 e. The minimum Gasteiger partial charge on any atom is -0.385 e. The Balaban J connectivity index is 1.56. The summed E-state index contributed by atoms with van der Waals surface area (Å²) in [6.45, 7) is -2.90. The first-order valence-electron chi connectivity index (χ1n) is 16.4. The molecule has 0 saturated carbocycles. The molecule has 2 aromatic rings. The third-order valence-electron chi connectivity index (χ3n) is 5.83. The van der Waals surface area contributed by atoms with Gasteiger partial charge in [-0.1, -0.05) is 12.1 Å². The molecule has 0 spiro atoms. The zero-order valence-corrected chi connectivity index (χ0v) is 18.1. The molecule has 3 aliphatic heterocycles. The van der Waals surface area contributed by atoms with Crippen LogP contribution in [0.1, 0.15) is 50.4 Å². The van der Waals surface area contributed by atoms with Gasteiger partial charge in [-0.25, -0.2) is 4.39 Å². The van der Waals surface area contributed by atoms with Gasteiger partial charge in [0.15, 0.2) is 1.41 Å². The number of morpholine rings is 1. The SMILES string of the molecule is [2H]C1CC2([2H])N(Cc3ccc(C(F)(F)F)cc3)C1([2H])C([2H])([2H])C([2H])(C([2H])([2H])N([2H])c1ccc(N3CCOCC3)c(F)c1)C2([2H])[2H]. The molecule has 0 aromatic heterocycles. The lowest BCUT2D eigenvalue weighted by atomic mass is 9.90. The highest BCUT2D eigenvalue weighted by Crippen LogP contribution is 2.40. The molecule has 4 unspecified atom stereocenters. The van der Waals surface area contributed by atoms with Crippen LogP contribution in [0.3, 0.4) is 0 Å². The van der Waals surface area contributed by atoms with Gasteiger partial charge in [-0.3, -0.25) is 4.90 Å². The van der Waals surface area contributed by atoms with Crippen LogP contribution in [0.15, 0.2) is 42.5 Å². The highest BCUT2D eigenvalue weighted by atomic mass is 19.4. The summed E-state index contributed by atoms with van der Waals surface area (Å²) in [5, 5.41) is -0.0432. The minimum absolute atomic E-state index is 0.0374. The van der Waals surface area contributed by atoms with Crippen molar-refractivity contribution in [1.29, 1.82) is 0 Å². The lowest BCUT2D eigenvalue weighted by Gasteiger charge is -2.39. The molecule has 4 atom stereocenters. The molecule has 0 aliphatic carbocycles. The number of piperidine rings is 1. The number of rotatable bonds is 6. The van der Waals surface area contributed by atoms with E-state index in [1.165, 1.54) is 6.07 Å². The van der Waals surface area contributed by atoms with Crippen LogP contribution < -0.4 is 10.2 Å². The molecule has 4 nitrogen and oxygen atoms in total. The normalized spacial score (nSPS) is 42.3. The smallest absolute Gasteiger partial charge is 0.385 e. The predicted octanol–water partition coefficient (Wildman–Crippen LogP) is 5.54. The average molecular weight is 489 g/mol. The van der Waals surface area contributed by atoms with Crippen molar-refractivity contribution >= 4 is 11.4 Å². The second-order valence-corrected chi connectivity index (χ2v) is 8.10. The van der Waals surface area contributed by atoms with E-state index in [1.54, 1.807) is 4.90 Å². The van der Waals surface area contributed by atoms with Gasteiger partial charge in [0.1, 0.15) is 5.82 Å². The van der Waals surface area contributed by atoms with Crippen molar-refractivity contribution in [1.82, 2.24) is 4.90 Å². The van der Waals surface area contributed by atoms with Crippen LogP contribution in [0, 0.1) is 11.7 Å². The first kappa shape index (κ1) is 13.7. The van der Waals surface area contributed by atoms with Gasteiger partial charge in [0.2, 0.25) is 0 Å². The fourth-order valence-corrected chi connectivity index (χ4v) is 4.06. The first-order chi connectivity index (χ1) is 20.6. The summed E-state index contributed by atoms with van der Waals surface area (Å²) in [4.78, 5) is 2.33. The summed E-state index contributed by atoms with van der Waals surface area (Å²) in [7, 11) is 0. The molecule has 3 heterocycles. The van der Waals surface area contributed by atoms with Gasteiger partial charge in [-0.15, -0.1) is 0 Å². The number of nitrogens with zero attached hydrogens (tertiary/aromatic N) is 2. The van der Waals surface area contributed by atoms with Crippen LogP contribution in [0.25, 0.3) is 0 Å². The zero-order valence-electron chi connectivity index (χ0n) is 29.1. The fraction of sp³-hybridized carbons (Fsp3) is 0.538. The Bertz CT molecular complexity index is 1450. The molecule has 2 aromatic carbocycles. The molecule has 8 heteroatoms. The average Bonchev–Trinajstić information content (AvgIpc) is 3.17. The van der Waals surface area contributed by atoms with Crippen LogP contribution in [-0.4, -0.2) is 49.7 Å². The Morgan fingerprint density at radius 1 is 1.12 bits per heavy atom. The minimum atomic E-state index is -4.67. The Morgan fingerprint density at radius 2 is 1.85 bits per heavy atom. The molecule has 184 valence electrons. The van der Waals surface area contributed by atoms with Gasteiger partial charge in [-0.2, -0.15) is 13.2 Å². The number of hydrogen-bond acceptors (Lipinski definition) is 4. The molecular weight excluding hydrogens is 446 g/mol. The summed E-state index contributed by atoms with van der Waals surface area (Å²) in [6.07, 6.45) is -14.6. The first-order valence-corrected chi connectivity index (χ1v) is 10.9. The fourth-order valence-electron chi connectivity index (χ4n) is 4.06. The van der Waals surface area contributed by atoms with Crippen LogP contribution in [0.5, 0.6) is 0 Å². The van der Waals surface area contributed by atoms with Crippen molar-refractivity contribution in [2.75, 3.05) is 43.0 Å². The predicted molar refractivity (Wildman–Crippen MR) is 124 cm³/mol. The van der Waals surface area contributed by atoms with Crippen molar-refractivity contribution in [2.45, 2.75) is 50.3 Å². The third kappa shape index (κ3) is 5.18. The van der Waals surface area contributed by atoms with Gasteiger partial charge >= 0.3 is 6.18 Å². The highest BCUT2D eigenvalue weighted by Gasteiger charge is 2.40. The Labute approximate surface area is 213 Å². The molecule has 3 fully saturated rings. The van der Waals surface area contributed by atoms with Crippen LogP contribution in [-0.2, 0) is 17.5 Å². The molecule has 5 rings (SSSR count). The second-order valence-electron chi connectivity index (χ2n) is 8.10. The number of halogens is 4. The quantitative estimate of drug-likeness (QED) is 0.541. The Kier molecular flexibility index (Phi) is 3.92. The van der Waals surface area contributed by atoms with E-state index in [-0.39, 0.29) is 16.6 Å². The van der Waals surface area contributed by atoms with Crippen LogP contribution >= 0.6 is 0 Å². The van der Waals surface area contributed by atoms with Crippen molar-refractivity contribution in [3.05, 3.63) is 59.4 Å². The number of alkyl halides is 3. The number of anilines is 2. The lowest BCUT2D eigenvalue weighted by Crippen LogP contribution is -2.43. The number of hydrogen-bond donors (Lipinski definition) is 1. The number of fused-ring (bicyclic) bond motifs is 2. The van der Waals surface area contributed by atoms with E-state index in [9.17, 15) is 17.3 Å². The molecular formula is C26H31F4N3O. The summed E-state index contributed by atoms with van der Waals surface area (Å²) in [5.74, 6) is -4.61. The van der Waals surface area contributed by atoms with Gasteiger partial charge in [0.25, 0.3) is 0 Å². The maximum atomic E-state index is 15.2. The zero-order chi connectivity index (χ0) is 33.6. The van der Waals surface area contributed by atoms with E-state index in [0.717, 1.165) is 36.4 Å². The Morgan fingerprint density at radius 3 is 2.56 bits per heavy atom. The number of ether oxygens (including phenoxy) is 1. The van der Waals surface area contributed by atoms with Gasteiger partial charge < -0.3 is 14.9 Å². The Hall–Kier alpha value is -2.32. The monoisotopic (exact) mass is 488 g/mol. The van der Waals surface area contributed by atoms with E-state index in [1.807, 2.05) is 0 Å². The highest BCUT2D eigenvalue weighted by molar-refractivity contribution is 5.56. The summed E-state index contributed by atoms with van der Waals surface area (Å²) < 4.78 is 158. The van der Waals surface area contributed by atoms with Crippen molar-refractivity contribution in [2.24, 2.45) is 5.89 Å². The second kappa shape index (κ2) is 9.74. The largest absolute Gasteiger partial charge is 0.416 e. The van der Waals surface area contributed by atoms with Gasteiger partial charge in [-0.05, 0) is 67.4 Å². The van der Waals surface area contributed by atoms with E-state index in [0.29, 0.717) is 31.2 Å². The standard InChI is InChI=1S/C26H31F4N3O/c27-24-15-21(5-8-25(24)32-9-11-34-12-10-32)31-16-19-13-22-6-7-23(14-19)33(22)17-18-1-3-20(4-2-18)26(28,29)30/h1-5,8,15,19,22-23,31H,6-7,9-14,16-17H2/i6D,13D2,14D2,16D2,19D,22D,23D/hD. The van der Waals surface area contributed by atoms with Crippen molar-refractivity contribution in [3.8, 4) is 0 Å². The topological polar surface area (TPSA) is 27.7 Å². The van der Waals surface area contributed by atoms with E-state index in [2.05, 4.69) is 0 Å². The van der Waals surface area contributed by atoms with E-state index < -0.39 is 79.8 Å². The molecule has 3 saturated heterocycles. The molecule has 2 bridgehead atoms. The summed E-state index contributed by atoms with van der Waals surface area (Å²) >= 11 is 0. The lowest BCUT2D eigenvalue weighted by molar-refractivity contribution is -0.137. The van der Waals surface area contributed by atoms with Crippen LogP contribution in [0.2, 0.25) is 1.41 Å².